The molecule has 0 amide bonds. The average Bonchev–Trinajstić information content (AvgIpc) is 2.80. The van der Waals surface area contributed by atoms with E-state index in [-0.39, 0.29) is 6.10 Å². The third kappa shape index (κ3) is 3.85. The zero-order valence-electron chi connectivity index (χ0n) is 16.3. The number of hydrogen-bond acceptors (Lipinski definition) is 8. The Morgan fingerprint density at radius 3 is 2.87 bits per heavy atom. The molecule has 1 unspecified atom stereocenters. The van der Waals surface area contributed by atoms with E-state index in [9.17, 15) is 0 Å². The summed E-state index contributed by atoms with van der Waals surface area (Å²) in [6.07, 6.45) is 5.23. The van der Waals surface area contributed by atoms with Crippen LogP contribution in [0, 0.1) is 0 Å². The minimum absolute atomic E-state index is 0.100. The van der Waals surface area contributed by atoms with Gasteiger partial charge in [-0.2, -0.15) is 4.98 Å². The lowest BCUT2D eigenvalue weighted by molar-refractivity contribution is 0.0390. The van der Waals surface area contributed by atoms with Crippen molar-refractivity contribution in [1.82, 2.24) is 19.9 Å². The van der Waals surface area contributed by atoms with Gasteiger partial charge in [0.1, 0.15) is 17.7 Å². The number of anilines is 4. The predicted molar refractivity (Wildman–Crippen MR) is 117 cm³/mol. The zero-order chi connectivity index (χ0) is 20.3. The van der Waals surface area contributed by atoms with Crippen LogP contribution in [0.1, 0.15) is 11.7 Å². The maximum atomic E-state index is 5.92. The van der Waals surface area contributed by atoms with E-state index in [0.29, 0.717) is 30.7 Å². The summed E-state index contributed by atoms with van der Waals surface area (Å²) in [6, 6.07) is 15.7. The lowest BCUT2D eigenvalue weighted by Crippen LogP contribution is -2.39. The fourth-order valence-electron chi connectivity index (χ4n) is 3.50. The largest absolute Gasteiger partial charge is 0.384 e. The van der Waals surface area contributed by atoms with Crippen LogP contribution < -0.4 is 16.0 Å². The van der Waals surface area contributed by atoms with Gasteiger partial charge in [-0.05, 0) is 24.3 Å². The SMILES string of the molecule is Nc1ccc(C2CN(c3nccc(Nc4cnc5ccccc5c4)n3)CCO2)cn1. The van der Waals surface area contributed by atoms with Crippen LogP contribution in [0.25, 0.3) is 10.9 Å². The Bertz CT molecular complexity index is 1170. The van der Waals surface area contributed by atoms with Crippen molar-refractivity contribution in [3.8, 4) is 0 Å². The van der Waals surface area contributed by atoms with Crippen LogP contribution in [0.4, 0.5) is 23.3 Å². The molecule has 8 nitrogen and oxygen atoms in total. The summed E-state index contributed by atoms with van der Waals surface area (Å²) in [4.78, 5) is 19.9. The number of pyridine rings is 2. The molecule has 1 aliphatic heterocycles. The third-order valence-electron chi connectivity index (χ3n) is 5.04. The molecule has 0 bridgehead atoms. The molecule has 4 aromatic rings. The second kappa shape index (κ2) is 7.92. The standard InChI is InChI=1S/C22H21N7O/c23-20-6-5-16(12-26-20)19-14-29(9-10-30-19)22-24-8-7-21(28-22)27-17-11-15-3-1-2-4-18(15)25-13-17/h1-8,11-13,19H,9-10,14H2,(H2,23,26)(H,24,27,28). The lowest BCUT2D eigenvalue weighted by Gasteiger charge is -2.33. The highest BCUT2D eigenvalue weighted by Gasteiger charge is 2.24. The number of ether oxygens (including phenoxy) is 1. The topological polar surface area (TPSA) is 102 Å². The molecule has 1 saturated heterocycles. The second-order valence-electron chi connectivity index (χ2n) is 7.11. The van der Waals surface area contributed by atoms with E-state index in [2.05, 4.69) is 31.2 Å². The summed E-state index contributed by atoms with van der Waals surface area (Å²) in [5.74, 6) is 1.87. The van der Waals surface area contributed by atoms with E-state index in [1.54, 1.807) is 18.5 Å². The van der Waals surface area contributed by atoms with Crippen molar-refractivity contribution >= 4 is 34.2 Å². The fourth-order valence-corrected chi connectivity index (χ4v) is 3.50. The van der Waals surface area contributed by atoms with Crippen LogP contribution in [-0.4, -0.2) is 39.6 Å². The first kappa shape index (κ1) is 18.3. The number of nitrogens with two attached hydrogens (primary N) is 1. The summed E-state index contributed by atoms with van der Waals surface area (Å²) < 4.78 is 5.92. The first-order valence-corrected chi connectivity index (χ1v) is 9.77. The van der Waals surface area contributed by atoms with Crippen molar-refractivity contribution in [3.05, 3.63) is 72.7 Å². The van der Waals surface area contributed by atoms with Gasteiger partial charge in [-0.25, -0.2) is 9.97 Å². The van der Waals surface area contributed by atoms with Crippen LogP contribution in [0.3, 0.4) is 0 Å². The van der Waals surface area contributed by atoms with Gasteiger partial charge >= 0.3 is 0 Å². The summed E-state index contributed by atoms with van der Waals surface area (Å²) >= 11 is 0. The molecular formula is C22H21N7O. The zero-order valence-corrected chi connectivity index (χ0v) is 16.3. The molecule has 0 saturated carbocycles. The van der Waals surface area contributed by atoms with Gasteiger partial charge in [-0.1, -0.05) is 24.3 Å². The van der Waals surface area contributed by atoms with E-state index in [0.717, 1.165) is 28.7 Å². The monoisotopic (exact) mass is 399 g/mol. The number of benzene rings is 1. The van der Waals surface area contributed by atoms with Crippen LogP contribution in [0.5, 0.6) is 0 Å². The lowest BCUT2D eigenvalue weighted by atomic mass is 10.1. The number of para-hydroxylation sites is 1. The first-order valence-electron chi connectivity index (χ1n) is 9.77. The first-order chi connectivity index (χ1) is 14.7. The van der Waals surface area contributed by atoms with Gasteiger partial charge in [0.15, 0.2) is 0 Å². The Morgan fingerprint density at radius 1 is 1.03 bits per heavy atom. The molecule has 0 aliphatic carbocycles. The van der Waals surface area contributed by atoms with Crippen molar-refractivity contribution < 1.29 is 4.74 Å². The van der Waals surface area contributed by atoms with E-state index in [1.165, 1.54) is 0 Å². The van der Waals surface area contributed by atoms with Gasteiger partial charge in [-0.3, -0.25) is 4.98 Å². The van der Waals surface area contributed by atoms with Crippen molar-refractivity contribution in [2.24, 2.45) is 0 Å². The molecule has 0 radical (unpaired) electrons. The molecular weight excluding hydrogens is 378 g/mol. The molecule has 8 heteroatoms. The summed E-state index contributed by atoms with van der Waals surface area (Å²) in [5, 5.41) is 4.40. The van der Waals surface area contributed by atoms with Crippen LogP contribution in [0.15, 0.2) is 67.1 Å². The fraction of sp³-hybridized carbons (Fsp3) is 0.182. The molecule has 1 atom stereocenters. The Kier molecular flexibility index (Phi) is 4.82. The molecule has 30 heavy (non-hydrogen) atoms. The number of rotatable bonds is 4. The summed E-state index contributed by atoms with van der Waals surface area (Å²) in [7, 11) is 0. The van der Waals surface area contributed by atoms with Crippen LogP contribution in [0.2, 0.25) is 0 Å². The molecule has 1 fully saturated rings. The molecule has 5 rings (SSSR count). The van der Waals surface area contributed by atoms with Gasteiger partial charge in [0.2, 0.25) is 5.95 Å². The Morgan fingerprint density at radius 2 is 1.97 bits per heavy atom. The van der Waals surface area contributed by atoms with E-state index in [1.807, 2.05) is 42.6 Å². The molecule has 3 aromatic heterocycles. The molecule has 4 heterocycles. The highest BCUT2D eigenvalue weighted by atomic mass is 16.5. The number of fused-ring (bicyclic) bond motifs is 1. The van der Waals surface area contributed by atoms with Gasteiger partial charge in [-0.15, -0.1) is 0 Å². The maximum absolute atomic E-state index is 5.92. The molecule has 0 spiro atoms. The van der Waals surface area contributed by atoms with Crippen molar-refractivity contribution in [2.75, 3.05) is 35.6 Å². The van der Waals surface area contributed by atoms with E-state index < -0.39 is 0 Å². The summed E-state index contributed by atoms with van der Waals surface area (Å²) in [6.45, 7) is 1.96. The van der Waals surface area contributed by atoms with E-state index >= 15 is 0 Å². The molecule has 3 N–H and O–H groups in total. The Balaban J connectivity index is 1.34. The Labute approximate surface area is 173 Å². The summed E-state index contributed by atoms with van der Waals surface area (Å²) in [5.41, 5.74) is 8.52. The number of nitrogen functional groups attached to an aromatic ring is 1. The average molecular weight is 399 g/mol. The normalized spacial score (nSPS) is 16.5. The highest BCUT2D eigenvalue weighted by Crippen LogP contribution is 2.25. The Hall–Kier alpha value is -3.78. The van der Waals surface area contributed by atoms with Gasteiger partial charge in [0.05, 0.1) is 30.6 Å². The smallest absolute Gasteiger partial charge is 0.227 e. The van der Waals surface area contributed by atoms with Gasteiger partial charge < -0.3 is 20.7 Å². The van der Waals surface area contributed by atoms with Crippen molar-refractivity contribution in [2.45, 2.75) is 6.10 Å². The number of morpholine rings is 1. The predicted octanol–water partition coefficient (Wildman–Crippen LogP) is 3.32. The third-order valence-corrected chi connectivity index (χ3v) is 5.04. The maximum Gasteiger partial charge on any atom is 0.227 e. The minimum Gasteiger partial charge on any atom is -0.384 e. The molecule has 1 aromatic carbocycles. The minimum atomic E-state index is -0.100. The molecule has 150 valence electrons. The highest BCUT2D eigenvalue weighted by molar-refractivity contribution is 5.82. The number of nitrogens with one attached hydrogen (secondary N) is 1. The number of hydrogen-bond donors (Lipinski definition) is 2. The van der Waals surface area contributed by atoms with E-state index in [4.69, 9.17) is 15.5 Å². The van der Waals surface area contributed by atoms with Gasteiger partial charge in [0.25, 0.3) is 0 Å². The van der Waals surface area contributed by atoms with Gasteiger partial charge in [0, 0.05) is 29.9 Å². The quantitative estimate of drug-likeness (QED) is 0.539. The van der Waals surface area contributed by atoms with Crippen LogP contribution >= 0.6 is 0 Å². The number of nitrogens with zero attached hydrogens (tertiary/aromatic N) is 5. The van der Waals surface area contributed by atoms with Crippen molar-refractivity contribution in [3.63, 3.8) is 0 Å². The molecule has 1 aliphatic rings. The van der Waals surface area contributed by atoms with Crippen LogP contribution in [-0.2, 0) is 4.74 Å². The second-order valence-corrected chi connectivity index (χ2v) is 7.11. The van der Waals surface area contributed by atoms with Crippen molar-refractivity contribution in [1.29, 1.82) is 0 Å². The number of aromatic nitrogens is 4.